The van der Waals surface area contributed by atoms with Gasteiger partial charge in [-0.05, 0) is 13.0 Å². The van der Waals surface area contributed by atoms with Gasteiger partial charge in [0, 0.05) is 43.6 Å². The van der Waals surface area contributed by atoms with Gasteiger partial charge in [-0.1, -0.05) is 6.07 Å². The minimum Gasteiger partial charge on any atom is -0.497 e. The van der Waals surface area contributed by atoms with Crippen molar-refractivity contribution in [3.8, 4) is 11.5 Å². The zero-order chi connectivity index (χ0) is 15.3. The van der Waals surface area contributed by atoms with Gasteiger partial charge in [0.25, 0.3) is 0 Å². The van der Waals surface area contributed by atoms with Crippen LogP contribution >= 0.6 is 7.37 Å². The third kappa shape index (κ3) is 4.22. The van der Waals surface area contributed by atoms with E-state index in [2.05, 4.69) is 4.90 Å². The van der Waals surface area contributed by atoms with Crippen molar-refractivity contribution in [2.45, 2.75) is 13.5 Å². The summed E-state index contributed by atoms with van der Waals surface area (Å²) in [4.78, 5) is 2.29. The van der Waals surface area contributed by atoms with Crippen LogP contribution in [0.3, 0.4) is 0 Å². The zero-order valence-corrected chi connectivity index (χ0v) is 13.9. The lowest BCUT2D eigenvalue weighted by molar-refractivity contribution is 0.256. The molecule has 1 saturated heterocycles. The van der Waals surface area contributed by atoms with E-state index in [1.165, 1.54) is 0 Å². The van der Waals surface area contributed by atoms with Gasteiger partial charge in [0.2, 0.25) is 7.37 Å². The highest BCUT2D eigenvalue weighted by Crippen LogP contribution is 2.48. The van der Waals surface area contributed by atoms with Crippen LogP contribution in [0.15, 0.2) is 18.2 Å². The molecule has 0 bridgehead atoms. The average molecular weight is 313 g/mol. The Morgan fingerprint density at radius 1 is 1.19 bits per heavy atom. The molecular weight excluding hydrogens is 289 g/mol. The van der Waals surface area contributed by atoms with Gasteiger partial charge < -0.3 is 14.0 Å². The second-order valence-corrected chi connectivity index (χ2v) is 7.92. The molecule has 0 radical (unpaired) electrons. The first kappa shape index (κ1) is 16.3. The van der Waals surface area contributed by atoms with Crippen molar-refractivity contribution in [2.75, 3.05) is 46.2 Å². The molecule has 0 aliphatic carbocycles. The summed E-state index contributed by atoms with van der Waals surface area (Å²) in [5, 5.41) is 0. The minimum absolute atomic E-state index is 0.531. The Kier molecular flexibility index (Phi) is 5.68. The number of ether oxygens (including phenoxy) is 2. The maximum Gasteiger partial charge on any atom is 0.205 e. The summed E-state index contributed by atoms with van der Waals surface area (Å²) in [6.45, 7) is 4.82. The molecule has 1 fully saturated rings. The summed E-state index contributed by atoms with van der Waals surface area (Å²) in [5.41, 5.74) is 1.12. The lowest BCUT2D eigenvalue weighted by atomic mass is 10.1. The van der Waals surface area contributed by atoms with E-state index in [-0.39, 0.29) is 0 Å². The van der Waals surface area contributed by atoms with Gasteiger partial charge in [-0.25, -0.2) is 0 Å². The first-order valence-corrected chi connectivity index (χ1v) is 9.25. The van der Waals surface area contributed by atoms with Crippen LogP contribution in [0.5, 0.6) is 11.5 Å². The fourth-order valence-corrected chi connectivity index (χ4v) is 4.68. The number of hydrogen-bond donors (Lipinski definition) is 0. The van der Waals surface area contributed by atoms with Gasteiger partial charge in [0.15, 0.2) is 0 Å². The molecule has 1 aromatic carbocycles. The highest BCUT2D eigenvalue weighted by atomic mass is 31.2. The van der Waals surface area contributed by atoms with Crippen molar-refractivity contribution in [2.24, 2.45) is 0 Å². The fourth-order valence-electron chi connectivity index (χ4n) is 2.56. The smallest absolute Gasteiger partial charge is 0.205 e. The molecule has 0 atom stereocenters. The van der Waals surface area contributed by atoms with E-state index in [9.17, 15) is 4.57 Å². The summed E-state index contributed by atoms with van der Waals surface area (Å²) >= 11 is 0. The normalized spacial score (nSPS) is 18.4. The Balaban J connectivity index is 1.99. The minimum atomic E-state index is -2.38. The fraction of sp³-hybridized carbons (Fsp3) is 0.600. The second-order valence-electron chi connectivity index (χ2n) is 5.13. The Morgan fingerprint density at radius 3 is 2.48 bits per heavy atom. The predicted molar refractivity (Wildman–Crippen MR) is 83.8 cm³/mol. The molecule has 0 spiro atoms. The van der Waals surface area contributed by atoms with Crippen molar-refractivity contribution >= 4 is 7.37 Å². The van der Waals surface area contributed by atoms with E-state index in [1.807, 2.05) is 25.1 Å². The van der Waals surface area contributed by atoms with Crippen LogP contribution in [-0.2, 0) is 15.6 Å². The second kappa shape index (κ2) is 7.30. The van der Waals surface area contributed by atoms with Gasteiger partial charge in [-0.3, -0.25) is 9.46 Å². The number of rotatable bonds is 6. The molecule has 0 N–H and O–H groups in total. The predicted octanol–water partition coefficient (Wildman–Crippen LogP) is 2.83. The molecule has 6 heteroatoms. The largest absolute Gasteiger partial charge is 0.497 e. The quantitative estimate of drug-likeness (QED) is 0.756. The molecular formula is C15H24NO4P. The number of hydrogen-bond acceptors (Lipinski definition) is 5. The highest BCUT2D eigenvalue weighted by molar-refractivity contribution is 7.59. The van der Waals surface area contributed by atoms with Gasteiger partial charge in [-0.15, -0.1) is 0 Å². The molecule has 1 aromatic rings. The van der Waals surface area contributed by atoms with E-state index in [4.69, 9.17) is 14.0 Å². The van der Waals surface area contributed by atoms with Crippen LogP contribution in [-0.4, -0.2) is 51.1 Å². The Hall–Kier alpha value is -1.03. The lowest BCUT2D eigenvalue weighted by Gasteiger charge is -2.32. The molecule has 21 heavy (non-hydrogen) atoms. The van der Waals surface area contributed by atoms with E-state index < -0.39 is 7.37 Å². The molecule has 0 unspecified atom stereocenters. The van der Waals surface area contributed by atoms with Crippen LogP contribution in [0.25, 0.3) is 0 Å². The highest BCUT2D eigenvalue weighted by Gasteiger charge is 2.29. The molecule has 0 aromatic heterocycles. The van der Waals surface area contributed by atoms with Crippen molar-refractivity contribution in [3.63, 3.8) is 0 Å². The maximum absolute atomic E-state index is 12.3. The molecule has 0 amide bonds. The topological polar surface area (TPSA) is 48.0 Å². The van der Waals surface area contributed by atoms with E-state index in [0.29, 0.717) is 18.9 Å². The summed E-state index contributed by atoms with van der Waals surface area (Å²) in [7, 11) is 0.928. The molecule has 0 saturated carbocycles. The van der Waals surface area contributed by atoms with Gasteiger partial charge in [0.1, 0.15) is 11.5 Å². The van der Waals surface area contributed by atoms with E-state index in [1.54, 1.807) is 14.2 Å². The number of benzene rings is 1. The van der Waals surface area contributed by atoms with Crippen molar-refractivity contribution in [1.82, 2.24) is 4.90 Å². The van der Waals surface area contributed by atoms with Crippen LogP contribution < -0.4 is 9.47 Å². The first-order chi connectivity index (χ1) is 10.1. The van der Waals surface area contributed by atoms with Crippen LogP contribution in [0.4, 0.5) is 0 Å². The Morgan fingerprint density at radius 2 is 1.90 bits per heavy atom. The van der Waals surface area contributed by atoms with Crippen molar-refractivity contribution in [3.05, 3.63) is 23.8 Å². The molecule has 2 rings (SSSR count). The molecule has 1 aliphatic heterocycles. The van der Waals surface area contributed by atoms with Crippen LogP contribution in [0.2, 0.25) is 0 Å². The summed E-state index contributed by atoms with van der Waals surface area (Å²) < 4.78 is 28.4. The van der Waals surface area contributed by atoms with Crippen molar-refractivity contribution < 1.29 is 18.6 Å². The zero-order valence-electron chi connectivity index (χ0n) is 13.0. The van der Waals surface area contributed by atoms with Gasteiger partial charge >= 0.3 is 0 Å². The third-order valence-electron chi connectivity index (χ3n) is 3.77. The number of nitrogens with zero attached hydrogens (tertiary/aromatic N) is 1. The Labute approximate surface area is 126 Å². The van der Waals surface area contributed by atoms with Gasteiger partial charge in [-0.2, -0.15) is 0 Å². The lowest BCUT2D eigenvalue weighted by Crippen LogP contribution is -2.34. The summed E-state index contributed by atoms with van der Waals surface area (Å²) in [5.74, 6) is 1.61. The van der Waals surface area contributed by atoms with Crippen LogP contribution in [0, 0.1) is 0 Å². The monoisotopic (exact) mass is 313 g/mol. The first-order valence-electron chi connectivity index (χ1n) is 7.26. The summed E-state index contributed by atoms with van der Waals surface area (Å²) in [6, 6.07) is 5.85. The molecule has 1 aliphatic rings. The third-order valence-corrected chi connectivity index (χ3v) is 6.26. The molecule has 1 heterocycles. The van der Waals surface area contributed by atoms with E-state index in [0.717, 1.165) is 36.7 Å². The SMILES string of the molecule is CCOP1(=O)CCN(Cc2ccc(OC)cc2OC)CC1. The van der Waals surface area contributed by atoms with Gasteiger partial charge in [0.05, 0.1) is 20.8 Å². The molecule has 118 valence electrons. The summed E-state index contributed by atoms with van der Waals surface area (Å²) in [6.07, 6.45) is 1.28. The Bertz CT molecular complexity index is 508. The van der Waals surface area contributed by atoms with E-state index >= 15 is 0 Å². The van der Waals surface area contributed by atoms with Crippen LogP contribution in [0.1, 0.15) is 12.5 Å². The van der Waals surface area contributed by atoms with Crippen molar-refractivity contribution in [1.29, 1.82) is 0 Å². The number of methoxy groups -OCH3 is 2. The molecule has 5 nitrogen and oxygen atoms in total. The average Bonchev–Trinajstić information content (AvgIpc) is 2.50. The maximum atomic E-state index is 12.3. The standard InChI is InChI=1S/C15H24NO4P/c1-4-20-21(17)9-7-16(8-10-21)12-13-5-6-14(18-2)11-15(13)19-3/h5-6,11H,4,7-10,12H2,1-3H3.